The fourth-order valence-corrected chi connectivity index (χ4v) is 4.80. The second-order valence-corrected chi connectivity index (χ2v) is 7.96. The molecule has 1 aliphatic rings. The summed E-state index contributed by atoms with van der Waals surface area (Å²) in [6.07, 6.45) is 1.32. The summed E-state index contributed by atoms with van der Waals surface area (Å²) >= 11 is 3.00. The van der Waals surface area contributed by atoms with Gasteiger partial charge < -0.3 is 15.0 Å². The van der Waals surface area contributed by atoms with E-state index in [9.17, 15) is 14.9 Å². The van der Waals surface area contributed by atoms with Gasteiger partial charge in [-0.1, -0.05) is 6.07 Å². The van der Waals surface area contributed by atoms with Crippen LogP contribution >= 0.6 is 22.7 Å². The van der Waals surface area contributed by atoms with Gasteiger partial charge in [-0.15, -0.1) is 22.7 Å². The first-order valence-corrected chi connectivity index (χ1v) is 10.1. The maximum Gasteiger partial charge on any atom is 0.410 e. The van der Waals surface area contributed by atoms with Crippen LogP contribution in [0.2, 0.25) is 0 Å². The number of rotatable bonds is 5. The lowest BCUT2D eigenvalue weighted by molar-refractivity contribution is -0.116. The fraction of sp³-hybridized carbons (Fsp3) is 0.389. The van der Waals surface area contributed by atoms with Crippen LogP contribution < -0.4 is 5.32 Å². The van der Waals surface area contributed by atoms with E-state index in [2.05, 4.69) is 11.4 Å². The van der Waals surface area contributed by atoms with Crippen LogP contribution in [-0.2, 0) is 28.9 Å². The van der Waals surface area contributed by atoms with Crippen LogP contribution in [0.1, 0.15) is 34.2 Å². The van der Waals surface area contributed by atoms with Gasteiger partial charge >= 0.3 is 6.09 Å². The van der Waals surface area contributed by atoms with E-state index in [-0.39, 0.29) is 12.0 Å². The number of ether oxygens (including phenoxy) is 1. The van der Waals surface area contributed by atoms with E-state index in [4.69, 9.17) is 4.74 Å². The summed E-state index contributed by atoms with van der Waals surface area (Å²) in [5.74, 6) is -0.101. The van der Waals surface area contributed by atoms with E-state index in [1.54, 1.807) is 23.2 Å². The first-order chi connectivity index (χ1) is 12.6. The van der Waals surface area contributed by atoms with Crippen LogP contribution in [0, 0.1) is 11.3 Å². The minimum absolute atomic E-state index is 0.101. The molecule has 26 heavy (non-hydrogen) atoms. The van der Waals surface area contributed by atoms with Crippen LogP contribution in [0.4, 0.5) is 9.80 Å². The summed E-state index contributed by atoms with van der Waals surface area (Å²) in [5, 5.41) is 15.0. The Labute approximate surface area is 160 Å². The second-order valence-electron chi connectivity index (χ2n) is 5.82. The van der Waals surface area contributed by atoms with Gasteiger partial charge in [0.2, 0.25) is 5.91 Å². The highest BCUT2D eigenvalue weighted by molar-refractivity contribution is 7.16. The van der Waals surface area contributed by atoms with Gasteiger partial charge in [-0.05, 0) is 36.8 Å². The lowest BCUT2D eigenvalue weighted by Gasteiger charge is -2.25. The zero-order valence-electron chi connectivity index (χ0n) is 14.4. The molecule has 0 bridgehead atoms. The van der Waals surface area contributed by atoms with Gasteiger partial charge in [0.1, 0.15) is 11.1 Å². The smallest absolute Gasteiger partial charge is 0.410 e. The monoisotopic (exact) mass is 389 g/mol. The number of nitrogens with zero attached hydrogens (tertiary/aromatic N) is 2. The van der Waals surface area contributed by atoms with Crippen LogP contribution in [0.15, 0.2) is 17.5 Å². The van der Waals surface area contributed by atoms with E-state index in [0.29, 0.717) is 49.5 Å². The number of aryl methyl sites for hydroxylation is 1. The number of anilines is 1. The van der Waals surface area contributed by atoms with Gasteiger partial charge in [0.15, 0.2) is 0 Å². The van der Waals surface area contributed by atoms with E-state index in [0.717, 1.165) is 15.3 Å². The van der Waals surface area contributed by atoms with Crippen LogP contribution in [0.5, 0.6) is 0 Å². The molecule has 136 valence electrons. The normalized spacial score (nSPS) is 13.0. The highest BCUT2D eigenvalue weighted by Gasteiger charge is 2.28. The van der Waals surface area contributed by atoms with Gasteiger partial charge in [0, 0.05) is 22.7 Å². The molecule has 0 aromatic carbocycles. The average Bonchev–Trinajstić information content (AvgIpc) is 3.26. The number of thiophene rings is 2. The molecular formula is C18H19N3O3S2. The Morgan fingerprint density at radius 1 is 1.46 bits per heavy atom. The minimum Gasteiger partial charge on any atom is -0.450 e. The van der Waals surface area contributed by atoms with Crippen LogP contribution in [0.25, 0.3) is 0 Å². The molecule has 3 rings (SSSR count). The SMILES string of the molecule is CCOC(=O)N1CCc2c(sc(NC(=O)CCc3cccs3)c2C#N)C1. The Kier molecular flexibility index (Phi) is 5.91. The third-order valence-electron chi connectivity index (χ3n) is 4.13. The van der Waals surface area contributed by atoms with Crippen molar-refractivity contribution in [1.82, 2.24) is 4.90 Å². The molecule has 2 amide bonds. The lowest BCUT2D eigenvalue weighted by atomic mass is 10.0. The highest BCUT2D eigenvalue weighted by Crippen LogP contribution is 2.36. The Balaban J connectivity index is 1.68. The van der Waals surface area contributed by atoms with Crippen molar-refractivity contribution >= 4 is 39.7 Å². The third-order valence-corrected chi connectivity index (χ3v) is 6.19. The summed E-state index contributed by atoms with van der Waals surface area (Å²) in [7, 11) is 0. The summed E-state index contributed by atoms with van der Waals surface area (Å²) in [5.41, 5.74) is 1.46. The van der Waals surface area contributed by atoms with E-state index >= 15 is 0 Å². The number of nitriles is 1. The third kappa shape index (κ3) is 4.06. The molecule has 2 aromatic heterocycles. The zero-order valence-corrected chi connectivity index (χ0v) is 16.0. The molecule has 0 spiro atoms. The van der Waals surface area contributed by atoms with Crippen molar-refractivity contribution in [3.05, 3.63) is 38.4 Å². The molecule has 6 nitrogen and oxygen atoms in total. The molecule has 1 N–H and O–H groups in total. The number of nitrogens with one attached hydrogen (secondary N) is 1. The second kappa shape index (κ2) is 8.34. The van der Waals surface area contributed by atoms with Crippen LogP contribution in [-0.4, -0.2) is 30.1 Å². The predicted molar refractivity (Wildman–Crippen MR) is 101 cm³/mol. The minimum atomic E-state index is -0.341. The Hall–Kier alpha value is -2.37. The summed E-state index contributed by atoms with van der Waals surface area (Å²) in [6.45, 7) is 3.04. The molecule has 2 aromatic rings. The van der Waals surface area contributed by atoms with Crippen molar-refractivity contribution < 1.29 is 14.3 Å². The summed E-state index contributed by atoms with van der Waals surface area (Å²) in [4.78, 5) is 27.9. The number of carbonyl (C=O) groups excluding carboxylic acids is 2. The lowest BCUT2D eigenvalue weighted by Crippen LogP contribution is -2.35. The predicted octanol–water partition coefficient (Wildman–Crippen LogP) is 3.77. The first-order valence-electron chi connectivity index (χ1n) is 8.41. The van der Waals surface area contributed by atoms with Crippen LogP contribution in [0.3, 0.4) is 0 Å². The standard InChI is InChI=1S/C18H19N3O3S2/c1-2-24-18(23)21-8-7-13-14(10-19)17(26-15(13)11-21)20-16(22)6-5-12-4-3-9-25-12/h3-4,9H,2,5-8,11H2,1H3,(H,20,22). The van der Waals surface area contributed by atoms with Gasteiger partial charge in [0.05, 0.1) is 18.7 Å². The van der Waals surface area contributed by atoms with Gasteiger partial charge in [-0.3, -0.25) is 4.79 Å². The Morgan fingerprint density at radius 2 is 2.31 bits per heavy atom. The topological polar surface area (TPSA) is 82.4 Å². The fourth-order valence-electron chi connectivity index (χ4n) is 2.86. The van der Waals surface area contributed by atoms with E-state index in [1.165, 1.54) is 11.3 Å². The molecule has 0 saturated heterocycles. The molecule has 1 aliphatic heterocycles. The molecular weight excluding hydrogens is 370 g/mol. The molecule has 0 radical (unpaired) electrons. The molecule has 0 aliphatic carbocycles. The number of fused-ring (bicyclic) bond motifs is 1. The van der Waals surface area contributed by atoms with Crippen molar-refractivity contribution in [2.75, 3.05) is 18.5 Å². The van der Waals surface area contributed by atoms with Crippen molar-refractivity contribution in [2.24, 2.45) is 0 Å². The molecule has 3 heterocycles. The zero-order chi connectivity index (χ0) is 18.5. The molecule has 0 fully saturated rings. The molecule has 0 saturated carbocycles. The first kappa shape index (κ1) is 18.4. The largest absolute Gasteiger partial charge is 0.450 e. The quantitative estimate of drug-likeness (QED) is 0.844. The maximum atomic E-state index is 12.3. The maximum absolute atomic E-state index is 12.3. The molecule has 0 unspecified atom stereocenters. The van der Waals surface area contributed by atoms with Gasteiger partial charge in [-0.25, -0.2) is 4.79 Å². The highest BCUT2D eigenvalue weighted by atomic mass is 32.1. The van der Waals surface area contributed by atoms with E-state index in [1.807, 2.05) is 17.5 Å². The molecule has 0 atom stereocenters. The van der Waals surface area contributed by atoms with Crippen molar-refractivity contribution in [3.8, 4) is 6.07 Å². The number of carbonyl (C=O) groups is 2. The summed E-state index contributed by atoms with van der Waals surface area (Å²) < 4.78 is 5.05. The van der Waals surface area contributed by atoms with Crippen molar-refractivity contribution in [3.63, 3.8) is 0 Å². The average molecular weight is 390 g/mol. The van der Waals surface area contributed by atoms with Gasteiger partial charge in [0.25, 0.3) is 0 Å². The van der Waals surface area contributed by atoms with E-state index < -0.39 is 0 Å². The summed E-state index contributed by atoms with van der Waals surface area (Å²) in [6, 6.07) is 6.18. The Morgan fingerprint density at radius 3 is 3.00 bits per heavy atom. The van der Waals surface area contributed by atoms with Crippen molar-refractivity contribution in [2.45, 2.75) is 32.7 Å². The van der Waals surface area contributed by atoms with Gasteiger partial charge in [-0.2, -0.15) is 5.26 Å². The number of hydrogen-bond acceptors (Lipinski definition) is 6. The van der Waals surface area contributed by atoms with Crippen molar-refractivity contribution in [1.29, 1.82) is 5.26 Å². The number of hydrogen-bond donors (Lipinski definition) is 1. The number of amides is 2. The Bertz CT molecular complexity index is 837. The molecule has 8 heteroatoms.